The molecule has 0 heterocycles. The lowest BCUT2D eigenvalue weighted by molar-refractivity contribution is -0.137. The monoisotopic (exact) mass is 298 g/mol. The van der Waals surface area contributed by atoms with Crippen molar-refractivity contribution in [1.29, 1.82) is 0 Å². The molecule has 2 rings (SSSR count). The fraction of sp³-hybridized carbons (Fsp3) is 0.133. The summed E-state index contributed by atoms with van der Waals surface area (Å²) in [4.78, 5) is 11.2. The molecular formula is C15H10ClF3O. The first-order chi connectivity index (χ1) is 9.30. The van der Waals surface area contributed by atoms with Crippen molar-refractivity contribution in [1.82, 2.24) is 0 Å². The van der Waals surface area contributed by atoms with E-state index in [2.05, 4.69) is 0 Å². The van der Waals surface area contributed by atoms with Crippen LogP contribution >= 0.6 is 11.6 Å². The van der Waals surface area contributed by atoms with Gasteiger partial charge in [0.05, 0.1) is 5.56 Å². The Kier molecular flexibility index (Phi) is 3.86. The highest BCUT2D eigenvalue weighted by molar-refractivity contribution is 6.33. The molecule has 0 spiro atoms. The Morgan fingerprint density at radius 3 is 2.25 bits per heavy atom. The topological polar surface area (TPSA) is 17.1 Å². The van der Waals surface area contributed by atoms with E-state index in [0.717, 1.165) is 6.07 Å². The van der Waals surface area contributed by atoms with Crippen LogP contribution in [-0.2, 0) is 6.18 Å². The van der Waals surface area contributed by atoms with E-state index in [0.29, 0.717) is 5.56 Å². The van der Waals surface area contributed by atoms with E-state index < -0.39 is 11.7 Å². The van der Waals surface area contributed by atoms with Crippen molar-refractivity contribution in [2.45, 2.75) is 13.1 Å². The number of rotatable bonds is 2. The molecule has 0 aliphatic rings. The minimum absolute atomic E-state index is 0.0000945. The van der Waals surface area contributed by atoms with Gasteiger partial charge >= 0.3 is 6.18 Å². The third kappa shape index (κ3) is 2.85. The Bertz CT molecular complexity index is 662. The van der Waals surface area contributed by atoms with Crippen LogP contribution in [0.2, 0.25) is 5.02 Å². The minimum Gasteiger partial charge on any atom is -0.295 e. The van der Waals surface area contributed by atoms with Crippen LogP contribution in [0.15, 0.2) is 42.5 Å². The fourth-order valence-electron chi connectivity index (χ4n) is 1.92. The highest BCUT2D eigenvalue weighted by Gasteiger charge is 2.33. The molecule has 1 nitrogen and oxygen atoms in total. The summed E-state index contributed by atoms with van der Waals surface area (Å²) in [6, 6.07) is 9.48. The second-order valence-corrected chi connectivity index (χ2v) is 4.70. The molecule has 0 radical (unpaired) electrons. The van der Waals surface area contributed by atoms with Gasteiger partial charge in [-0.05, 0) is 24.6 Å². The largest absolute Gasteiger partial charge is 0.417 e. The first kappa shape index (κ1) is 14.6. The number of hydrogen-bond donors (Lipinski definition) is 0. The number of Topliss-reactive ketones (excluding diaryl/α,β-unsaturated/α-hetero) is 1. The normalized spacial score (nSPS) is 11.4. The van der Waals surface area contributed by atoms with Crippen molar-refractivity contribution in [3.05, 3.63) is 58.6 Å². The second kappa shape index (κ2) is 5.29. The highest BCUT2D eigenvalue weighted by Crippen LogP contribution is 2.39. The zero-order valence-corrected chi connectivity index (χ0v) is 11.2. The molecule has 0 aliphatic heterocycles. The Balaban J connectivity index is 2.61. The van der Waals surface area contributed by atoms with Crippen LogP contribution in [0.3, 0.4) is 0 Å². The summed E-state index contributed by atoms with van der Waals surface area (Å²) in [7, 11) is 0. The SMILES string of the molecule is CC(=O)c1ccc(-c2ccccc2C(F)(F)F)c(Cl)c1. The molecule has 0 aromatic heterocycles. The van der Waals surface area contributed by atoms with Gasteiger partial charge in [-0.2, -0.15) is 13.2 Å². The molecule has 2 aromatic carbocycles. The lowest BCUT2D eigenvalue weighted by Crippen LogP contribution is -2.07. The molecule has 0 saturated carbocycles. The van der Waals surface area contributed by atoms with Crippen LogP contribution in [0.5, 0.6) is 0 Å². The van der Waals surface area contributed by atoms with E-state index >= 15 is 0 Å². The number of alkyl halides is 3. The van der Waals surface area contributed by atoms with Gasteiger partial charge in [0.25, 0.3) is 0 Å². The summed E-state index contributed by atoms with van der Waals surface area (Å²) in [5, 5.41) is 0.120. The molecule has 0 aliphatic carbocycles. The molecule has 0 atom stereocenters. The van der Waals surface area contributed by atoms with Crippen molar-refractivity contribution in [3.63, 3.8) is 0 Å². The average Bonchev–Trinajstić information content (AvgIpc) is 2.37. The number of ketones is 1. The summed E-state index contributed by atoms with van der Waals surface area (Å²) in [6.45, 7) is 1.37. The number of carbonyl (C=O) groups is 1. The van der Waals surface area contributed by atoms with Gasteiger partial charge in [0.2, 0.25) is 0 Å². The van der Waals surface area contributed by atoms with Gasteiger partial charge in [0.1, 0.15) is 0 Å². The van der Waals surface area contributed by atoms with Gasteiger partial charge in [0.15, 0.2) is 5.78 Å². The van der Waals surface area contributed by atoms with Crippen LogP contribution in [0, 0.1) is 0 Å². The van der Waals surface area contributed by atoms with Crippen LogP contribution in [0.25, 0.3) is 11.1 Å². The van der Waals surface area contributed by atoms with Crippen molar-refractivity contribution in [2.24, 2.45) is 0 Å². The van der Waals surface area contributed by atoms with Crippen molar-refractivity contribution < 1.29 is 18.0 Å². The molecular weight excluding hydrogens is 289 g/mol. The van der Waals surface area contributed by atoms with Crippen LogP contribution in [0.1, 0.15) is 22.8 Å². The van der Waals surface area contributed by atoms with Crippen LogP contribution < -0.4 is 0 Å². The standard InChI is InChI=1S/C15H10ClF3O/c1-9(20)10-6-7-12(14(16)8-10)11-4-2-3-5-13(11)15(17,18)19/h2-8H,1H3. The molecule has 0 N–H and O–H groups in total. The summed E-state index contributed by atoms with van der Waals surface area (Å²) >= 11 is 6.01. The van der Waals surface area contributed by atoms with Crippen LogP contribution in [-0.4, -0.2) is 5.78 Å². The zero-order valence-electron chi connectivity index (χ0n) is 10.5. The van der Waals surface area contributed by atoms with E-state index in [1.54, 1.807) is 0 Å². The third-order valence-electron chi connectivity index (χ3n) is 2.90. The van der Waals surface area contributed by atoms with E-state index in [9.17, 15) is 18.0 Å². The summed E-state index contributed by atoms with van der Waals surface area (Å²) in [5.74, 6) is -0.192. The second-order valence-electron chi connectivity index (χ2n) is 4.29. The number of benzene rings is 2. The van der Waals surface area contributed by atoms with Crippen LogP contribution in [0.4, 0.5) is 13.2 Å². The maximum atomic E-state index is 13.0. The minimum atomic E-state index is -4.46. The molecule has 104 valence electrons. The quantitative estimate of drug-likeness (QED) is 0.694. The Morgan fingerprint density at radius 1 is 1.05 bits per heavy atom. The van der Waals surface area contributed by atoms with Gasteiger partial charge in [-0.15, -0.1) is 0 Å². The molecule has 20 heavy (non-hydrogen) atoms. The smallest absolute Gasteiger partial charge is 0.295 e. The molecule has 0 fully saturated rings. The molecule has 0 amide bonds. The van der Waals surface area contributed by atoms with Gasteiger partial charge in [-0.3, -0.25) is 4.79 Å². The first-order valence-electron chi connectivity index (χ1n) is 5.78. The van der Waals surface area contributed by atoms with Crippen molar-refractivity contribution in [3.8, 4) is 11.1 Å². The lowest BCUT2D eigenvalue weighted by atomic mass is 9.97. The predicted molar refractivity (Wildman–Crippen MR) is 71.9 cm³/mol. The highest BCUT2D eigenvalue weighted by atomic mass is 35.5. The zero-order chi connectivity index (χ0) is 14.9. The fourth-order valence-corrected chi connectivity index (χ4v) is 2.20. The Morgan fingerprint density at radius 2 is 1.70 bits per heavy atom. The van der Waals surface area contributed by atoms with Crippen molar-refractivity contribution >= 4 is 17.4 Å². The van der Waals surface area contributed by atoms with Crippen molar-refractivity contribution in [2.75, 3.05) is 0 Å². The molecule has 0 bridgehead atoms. The first-order valence-corrected chi connectivity index (χ1v) is 6.15. The van der Waals surface area contributed by atoms with Gasteiger partial charge in [-0.25, -0.2) is 0 Å². The van der Waals surface area contributed by atoms with Gasteiger partial charge < -0.3 is 0 Å². The lowest BCUT2D eigenvalue weighted by Gasteiger charge is -2.14. The van der Waals surface area contributed by atoms with E-state index in [-0.39, 0.29) is 21.9 Å². The molecule has 0 unspecified atom stereocenters. The predicted octanol–water partition coefficient (Wildman–Crippen LogP) is 5.23. The molecule has 5 heteroatoms. The van der Waals surface area contributed by atoms with E-state index in [1.807, 2.05) is 0 Å². The summed E-state index contributed by atoms with van der Waals surface area (Å²) < 4.78 is 38.9. The summed E-state index contributed by atoms with van der Waals surface area (Å²) in [5.41, 5.74) is -0.134. The number of halogens is 4. The number of hydrogen-bond acceptors (Lipinski definition) is 1. The van der Waals surface area contributed by atoms with E-state index in [4.69, 9.17) is 11.6 Å². The molecule has 2 aromatic rings. The third-order valence-corrected chi connectivity index (χ3v) is 3.21. The summed E-state index contributed by atoms with van der Waals surface area (Å²) in [6.07, 6.45) is -4.46. The Hall–Kier alpha value is -1.81. The van der Waals surface area contributed by atoms with E-state index in [1.165, 1.54) is 43.3 Å². The van der Waals surface area contributed by atoms with Gasteiger partial charge in [-0.1, -0.05) is 41.9 Å². The van der Waals surface area contributed by atoms with Gasteiger partial charge in [0, 0.05) is 16.1 Å². The molecule has 0 saturated heterocycles. The Labute approximate surface area is 119 Å². The maximum Gasteiger partial charge on any atom is 0.417 e. The average molecular weight is 299 g/mol. The maximum absolute atomic E-state index is 13.0. The number of carbonyl (C=O) groups excluding carboxylic acids is 1.